The van der Waals surface area contributed by atoms with Crippen LogP contribution in [0.1, 0.15) is 12.8 Å². The normalized spacial score (nSPS) is 50.2. The fraction of sp³-hybridized carbons (Fsp3) is 0.889. The molecule has 1 saturated heterocycles. The number of hydrogen-bond acceptors (Lipinski definition) is 2. The summed E-state index contributed by atoms with van der Waals surface area (Å²) in [4.78, 5) is 11.3. The summed E-state index contributed by atoms with van der Waals surface area (Å²) in [6.45, 7) is 0.121. The summed E-state index contributed by atoms with van der Waals surface area (Å²) in [7, 11) is 0. The number of aliphatic hydroxyl groups is 1. The average molecular weight is 167 g/mol. The molecule has 3 aliphatic rings. The molecule has 2 saturated carbocycles. The van der Waals surface area contributed by atoms with Crippen LogP contribution < -0.4 is 5.32 Å². The van der Waals surface area contributed by atoms with Gasteiger partial charge in [-0.1, -0.05) is 0 Å². The molecular weight excluding hydrogens is 154 g/mol. The van der Waals surface area contributed by atoms with E-state index in [9.17, 15) is 4.79 Å². The Balaban J connectivity index is 1.77. The van der Waals surface area contributed by atoms with Gasteiger partial charge in [0.05, 0.1) is 12.6 Å². The van der Waals surface area contributed by atoms with Gasteiger partial charge in [0.2, 0.25) is 5.91 Å². The molecule has 1 amide bonds. The van der Waals surface area contributed by atoms with Crippen LogP contribution in [0, 0.1) is 23.7 Å². The molecule has 0 aromatic carbocycles. The van der Waals surface area contributed by atoms with E-state index in [0.29, 0.717) is 11.8 Å². The SMILES string of the molecule is O=C1N[C@H](CO)[C@@H]2C1[C@@H]2C1CC1. The van der Waals surface area contributed by atoms with E-state index in [-0.39, 0.29) is 24.5 Å². The van der Waals surface area contributed by atoms with Crippen LogP contribution in [0.5, 0.6) is 0 Å². The van der Waals surface area contributed by atoms with Gasteiger partial charge in [0, 0.05) is 5.92 Å². The molecule has 0 aromatic rings. The Hall–Kier alpha value is -0.570. The Morgan fingerprint density at radius 1 is 1.42 bits per heavy atom. The zero-order valence-electron chi connectivity index (χ0n) is 6.86. The summed E-state index contributed by atoms with van der Waals surface area (Å²) in [5.74, 6) is 2.40. The van der Waals surface area contributed by atoms with Crippen LogP contribution in [0.15, 0.2) is 0 Å². The van der Waals surface area contributed by atoms with Crippen molar-refractivity contribution in [2.75, 3.05) is 6.61 Å². The van der Waals surface area contributed by atoms with Crippen LogP contribution >= 0.6 is 0 Å². The van der Waals surface area contributed by atoms with Gasteiger partial charge in [-0.05, 0) is 30.6 Å². The number of amides is 1. The first-order chi connectivity index (χ1) is 5.83. The smallest absolute Gasteiger partial charge is 0.224 e. The fourth-order valence-electron chi connectivity index (χ4n) is 2.86. The number of fused-ring (bicyclic) bond motifs is 1. The zero-order chi connectivity index (χ0) is 8.29. The average Bonchev–Trinajstić information content (AvgIpc) is 2.90. The molecule has 3 nitrogen and oxygen atoms in total. The minimum Gasteiger partial charge on any atom is -0.394 e. The Bertz CT molecular complexity index is 237. The van der Waals surface area contributed by atoms with Gasteiger partial charge in [0.25, 0.3) is 0 Å². The topological polar surface area (TPSA) is 49.3 Å². The molecule has 0 bridgehead atoms. The van der Waals surface area contributed by atoms with Gasteiger partial charge in [-0.3, -0.25) is 4.79 Å². The molecule has 1 aliphatic heterocycles. The molecule has 12 heavy (non-hydrogen) atoms. The number of carbonyl (C=O) groups is 1. The first-order valence-corrected chi connectivity index (χ1v) is 4.74. The van der Waals surface area contributed by atoms with Crippen LogP contribution in [0.4, 0.5) is 0 Å². The van der Waals surface area contributed by atoms with Gasteiger partial charge in [-0.2, -0.15) is 0 Å². The van der Waals surface area contributed by atoms with Crippen molar-refractivity contribution in [1.82, 2.24) is 5.32 Å². The van der Waals surface area contributed by atoms with Crippen molar-refractivity contribution >= 4 is 5.91 Å². The van der Waals surface area contributed by atoms with Crippen LogP contribution in [0.3, 0.4) is 0 Å². The molecule has 1 unspecified atom stereocenters. The van der Waals surface area contributed by atoms with Gasteiger partial charge in [0.1, 0.15) is 0 Å². The number of nitrogens with one attached hydrogen (secondary N) is 1. The third kappa shape index (κ3) is 0.724. The molecule has 66 valence electrons. The lowest BCUT2D eigenvalue weighted by Crippen LogP contribution is -2.35. The van der Waals surface area contributed by atoms with E-state index in [0.717, 1.165) is 5.92 Å². The first-order valence-electron chi connectivity index (χ1n) is 4.74. The first kappa shape index (κ1) is 6.89. The van der Waals surface area contributed by atoms with Crippen molar-refractivity contribution in [2.24, 2.45) is 23.7 Å². The minimum absolute atomic E-state index is 0.0769. The van der Waals surface area contributed by atoms with Gasteiger partial charge >= 0.3 is 0 Å². The molecule has 3 fully saturated rings. The molecule has 0 spiro atoms. The van der Waals surface area contributed by atoms with Crippen LogP contribution in [-0.4, -0.2) is 23.7 Å². The lowest BCUT2D eigenvalue weighted by Gasteiger charge is -2.11. The van der Waals surface area contributed by atoms with Crippen molar-refractivity contribution in [3.63, 3.8) is 0 Å². The maximum atomic E-state index is 11.3. The molecule has 2 aliphatic carbocycles. The van der Waals surface area contributed by atoms with E-state index >= 15 is 0 Å². The molecule has 2 N–H and O–H groups in total. The summed E-state index contributed by atoms with van der Waals surface area (Å²) in [6, 6.07) is 0.0769. The fourth-order valence-corrected chi connectivity index (χ4v) is 2.86. The second-order valence-electron chi connectivity index (χ2n) is 4.32. The van der Waals surface area contributed by atoms with E-state index in [1.54, 1.807) is 0 Å². The Morgan fingerprint density at radius 2 is 2.17 bits per heavy atom. The third-order valence-corrected chi connectivity index (χ3v) is 3.59. The number of hydrogen-bond donors (Lipinski definition) is 2. The lowest BCUT2D eigenvalue weighted by atomic mass is 10.1. The van der Waals surface area contributed by atoms with E-state index < -0.39 is 0 Å². The van der Waals surface area contributed by atoms with Crippen LogP contribution in [0.2, 0.25) is 0 Å². The van der Waals surface area contributed by atoms with Crippen molar-refractivity contribution in [3.8, 4) is 0 Å². The summed E-state index contributed by atoms with van der Waals surface area (Å²) >= 11 is 0. The maximum Gasteiger partial charge on any atom is 0.224 e. The van der Waals surface area contributed by atoms with Crippen molar-refractivity contribution in [3.05, 3.63) is 0 Å². The van der Waals surface area contributed by atoms with Crippen LogP contribution in [-0.2, 0) is 4.79 Å². The number of aliphatic hydroxyl groups excluding tert-OH is 1. The maximum absolute atomic E-state index is 11.3. The number of piperidine rings is 1. The molecule has 3 heteroatoms. The highest BCUT2D eigenvalue weighted by Crippen LogP contribution is 2.62. The number of rotatable bonds is 2. The van der Waals surface area contributed by atoms with Crippen molar-refractivity contribution in [1.29, 1.82) is 0 Å². The molecule has 0 radical (unpaired) electrons. The third-order valence-electron chi connectivity index (χ3n) is 3.59. The highest BCUT2D eigenvalue weighted by atomic mass is 16.3. The predicted molar refractivity (Wildman–Crippen MR) is 42.2 cm³/mol. The number of carbonyl (C=O) groups excluding carboxylic acids is 1. The van der Waals surface area contributed by atoms with E-state index in [1.807, 2.05) is 0 Å². The molecule has 1 heterocycles. The van der Waals surface area contributed by atoms with Gasteiger partial charge in [-0.25, -0.2) is 0 Å². The largest absolute Gasteiger partial charge is 0.394 e. The zero-order valence-corrected chi connectivity index (χ0v) is 6.86. The van der Waals surface area contributed by atoms with Gasteiger partial charge < -0.3 is 10.4 Å². The second kappa shape index (κ2) is 2.02. The monoisotopic (exact) mass is 167 g/mol. The predicted octanol–water partition coefficient (Wildman–Crippen LogP) is -0.251. The second-order valence-corrected chi connectivity index (χ2v) is 4.32. The highest BCUT2D eigenvalue weighted by Gasteiger charge is 2.66. The molecule has 0 aromatic heterocycles. The lowest BCUT2D eigenvalue weighted by molar-refractivity contribution is -0.122. The Labute approximate surface area is 71.1 Å². The quantitative estimate of drug-likeness (QED) is 0.595. The molecule has 3 rings (SSSR count). The van der Waals surface area contributed by atoms with Crippen molar-refractivity contribution in [2.45, 2.75) is 18.9 Å². The summed E-state index contributed by atoms with van der Waals surface area (Å²) in [6.07, 6.45) is 2.62. The minimum atomic E-state index is 0.0769. The standard InChI is InChI=1S/C9H13NO2/c11-3-5-7-6(4-1-2-4)8(7)9(12)10-5/h4-8,11H,1-3H2,(H,10,12)/t5-,6-,7+,8?/m1/s1. The molecule has 4 atom stereocenters. The highest BCUT2D eigenvalue weighted by molar-refractivity contribution is 5.86. The summed E-state index contributed by atoms with van der Waals surface area (Å²) in [5, 5.41) is 11.8. The van der Waals surface area contributed by atoms with Gasteiger partial charge in [0.15, 0.2) is 0 Å². The van der Waals surface area contributed by atoms with Crippen LogP contribution in [0.25, 0.3) is 0 Å². The van der Waals surface area contributed by atoms with Crippen molar-refractivity contribution < 1.29 is 9.90 Å². The summed E-state index contributed by atoms with van der Waals surface area (Å²) < 4.78 is 0. The van der Waals surface area contributed by atoms with E-state index in [4.69, 9.17) is 5.11 Å². The summed E-state index contributed by atoms with van der Waals surface area (Å²) in [5.41, 5.74) is 0. The van der Waals surface area contributed by atoms with E-state index in [2.05, 4.69) is 5.32 Å². The van der Waals surface area contributed by atoms with Gasteiger partial charge in [-0.15, -0.1) is 0 Å². The molecular formula is C9H13NO2. The van der Waals surface area contributed by atoms with E-state index in [1.165, 1.54) is 12.8 Å². The Kier molecular flexibility index (Phi) is 1.16. The Morgan fingerprint density at radius 3 is 2.75 bits per heavy atom.